The fraction of sp³-hybridized carbons (Fsp3) is 0.120. The third-order valence-electron chi connectivity index (χ3n) is 5.84. The molecule has 2 atom stereocenters. The van der Waals surface area contributed by atoms with Crippen LogP contribution in [0.1, 0.15) is 34.4 Å². The van der Waals surface area contributed by atoms with Crippen molar-refractivity contribution >= 4 is 23.2 Å². The molecule has 0 saturated carbocycles. The van der Waals surface area contributed by atoms with Crippen LogP contribution in [0.3, 0.4) is 0 Å². The Morgan fingerprint density at radius 2 is 1.81 bits per heavy atom. The number of aromatic nitrogens is 3. The van der Waals surface area contributed by atoms with Gasteiger partial charge in [-0.2, -0.15) is 10.1 Å². The molecule has 1 aromatic heterocycles. The lowest BCUT2D eigenvalue weighted by molar-refractivity contribution is 0.223. The van der Waals surface area contributed by atoms with Gasteiger partial charge in [-0.3, -0.25) is 0 Å². The minimum Gasteiger partial charge on any atom is -0.480 e. The Bertz CT molecular complexity index is 1330. The van der Waals surface area contributed by atoms with Crippen LogP contribution in [0, 0.1) is 6.92 Å². The Morgan fingerprint density at radius 3 is 2.65 bits per heavy atom. The molecule has 0 aliphatic carbocycles. The minimum atomic E-state index is -0.320. The summed E-state index contributed by atoms with van der Waals surface area (Å²) >= 11 is 6.36. The van der Waals surface area contributed by atoms with Crippen molar-refractivity contribution in [3.05, 3.63) is 112 Å². The van der Waals surface area contributed by atoms with Gasteiger partial charge in [0.25, 0.3) is 0 Å². The topological polar surface area (TPSA) is 52.0 Å². The maximum absolute atomic E-state index is 6.62. The monoisotopic (exact) mass is 426 g/mol. The van der Waals surface area contributed by atoms with E-state index in [9.17, 15) is 0 Å². The van der Waals surface area contributed by atoms with Gasteiger partial charge in [-0.25, -0.2) is 4.68 Å². The predicted molar refractivity (Wildman–Crippen MR) is 121 cm³/mol. The summed E-state index contributed by atoms with van der Waals surface area (Å²) in [6.07, 6.45) is 1.27. The van der Waals surface area contributed by atoms with Crippen molar-refractivity contribution < 1.29 is 4.74 Å². The molecule has 1 N–H and O–H groups in total. The van der Waals surface area contributed by atoms with Crippen LogP contribution < -0.4 is 10.1 Å². The largest absolute Gasteiger partial charge is 0.480 e. The van der Waals surface area contributed by atoms with E-state index in [1.807, 2.05) is 47.1 Å². The van der Waals surface area contributed by atoms with Crippen LogP contribution in [0.15, 0.2) is 84.7 Å². The summed E-state index contributed by atoms with van der Waals surface area (Å²) in [6, 6.07) is 24.3. The molecule has 5 nitrogen and oxygen atoms in total. The van der Waals surface area contributed by atoms with Gasteiger partial charge in [-0.15, -0.1) is 0 Å². The van der Waals surface area contributed by atoms with E-state index in [-0.39, 0.29) is 12.1 Å². The van der Waals surface area contributed by atoms with Crippen molar-refractivity contribution in [2.75, 3.05) is 5.32 Å². The van der Waals surface area contributed by atoms with Crippen LogP contribution in [0.4, 0.5) is 5.95 Å². The number of anilines is 1. The van der Waals surface area contributed by atoms with Gasteiger partial charge in [0, 0.05) is 16.2 Å². The van der Waals surface area contributed by atoms with Gasteiger partial charge in [0.2, 0.25) is 5.95 Å². The molecular weight excluding hydrogens is 408 g/mol. The summed E-state index contributed by atoms with van der Waals surface area (Å²) in [6.45, 7) is 2.09. The van der Waals surface area contributed by atoms with Crippen molar-refractivity contribution in [3.8, 4) is 5.75 Å². The van der Waals surface area contributed by atoms with Crippen molar-refractivity contribution in [1.82, 2.24) is 14.8 Å². The van der Waals surface area contributed by atoms with Crippen molar-refractivity contribution in [1.29, 1.82) is 0 Å². The fourth-order valence-corrected chi connectivity index (χ4v) is 4.68. The first-order chi connectivity index (χ1) is 15.2. The zero-order valence-corrected chi connectivity index (χ0v) is 17.5. The Balaban J connectivity index is 1.65. The van der Waals surface area contributed by atoms with E-state index in [0.29, 0.717) is 11.0 Å². The number of hydrogen-bond donors (Lipinski definition) is 1. The summed E-state index contributed by atoms with van der Waals surface area (Å²) in [5.41, 5.74) is 6.42. The van der Waals surface area contributed by atoms with Gasteiger partial charge in [0.05, 0.1) is 5.70 Å². The smallest absolute Gasteiger partial charge is 0.226 e. The lowest BCUT2D eigenvalue weighted by Gasteiger charge is -2.39. The van der Waals surface area contributed by atoms with Gasteiger partial charge in [-0.05, 0) is 42.3 Å². The van der Waals surface area contributed by atoms with E-state index in [0.717, 1.165) is 33.7 Å². The molecule has 4 aromatic rings. The standard InChI is InChI=1S/C25H19ClN4O/c1-15-10-11-20-19(12-15)22-21(24(31-20)17-8-5-9-18(26)13-17)23(16-6-3-2-4-7-16)30-25(29-22)27-14-28-30/h2-14,23-24H,1H3,(H,27,28,29). The van der Waals surface area contributed by atoms with Crippen LogP contribution in [-0.2, 0) is 0 Å². The summed E-state index contributed by atoms with van der Waals surface area (Å²) in [5.74, 6) is 1.55. The number of aryl methyl sites for hydroxylation is 1. The van der Waals surface area contributed by atoms with E-state index in [1.165, 1.54) is 5.56 Å². The number of fused-ring (bicyclic) bond motifs is 3. The van der Waals surface area contributed by atoms with Crippen molar-refractivity contribution in [2.45, 2.75) is 19.1 Å². The van der Waals surface area contributed by atoms with E-state index < -0.39 is 0 Å². The molecule has 2 aliphatic heterocycles. The van der Waals surface area contributed by atoms with Crippen LogP contribution in [0.5, 0.6) is 5.75 Å². The van der Waals surface area contributed by atoms with E-state index in [4.69, 9.17) is 16.3 Å². The van der Waals surface area contributed by atoms with Gasteiger partial charge in [0.1, 0.15) is 24.2 Å². The molecule has 2 aliphatic rings. The van der Waals surface area contributed by atoms with Crippen LogP contribution >= 0.6 is 11.6 Å². The molecule has 152 valence electrons. The molecule has 0 saturated heterocycles. The van der Waals surface area contributed by atoms with Gasteiger partial charge in [0.15, 0.2) is 0 Å². The molecule has 2 unspecified atom stereocenters. The number of rotatable bonds is 2. The normalized spacial score (nSPS) is 19.0. The van der Waals surface area contributed by atoms with Gasteiger partial charge in [-0.1, -0.05) is 65.7 Å². The second-order valence-corrected chi connectivity index (χ2v) is 8.29. The molecule has 3 aromatic carbocycles. The Kier molecular flexibility index (Phi) is 4.11. The highest BCUT2D eigenvalue weighted by Gasteiger charge is 2.40. The summed E-state index contributed by atoms with van der Waals surface area (Å²) in [4.78, 5) is 4.48. The zero-order chi connectivity index (χ0) is 20.9. The number of nitrogens with one attached hydrogen (secondary N) is 1. The third-order valence-corrected chi connectivity index (χ3v) is 6.07. The Hall–Kier alpha value is -3.57. The number of ether oxygens (including phenoxy) is 1. The van der Waals surface area contributed by atoms with Crippen LogP contribution in [-0.4, -0.2) is 14.8 Å². The third kappa shape index (κ3) is 2.93. The lowest BCUT2D eigenvalue weighted by Crippen LogP contribution is -2.32. The highest BCUT2D eigenvalue weighted by atomic mass is 35.5. The molecule has 0 spiro atoms. The first kappa shape index (κ1) is 18.2. The summed E-state index contributed by atoms with van der Waals surface area (Å²) in [7, 11) is 0. The number of benzene rings is 3. The van der Waals surface area contributed by atoms with E-state index in [1.54, 1.807) is 6.33 Å². The van der Waals surface area contributed by atoms with Gasteiger partial charge < -0.3 is 10.1 Å². The quantitative estimate of drug-likeness (QED) is 0.440. The first-order valence-corrected chi connectivity index (χ1v) is 10.6. The Labute approximate surface area is 185 Å². The molecule has 6 heteroatoms. The molecule has 0 radical (unpaired) electrons. The average molecular weight is 427 g/mol. The highest BCUT2D eigenvalue weighted by Crippen LogP contribution is 2.50. The van der Waals surface area contributed by atoms with Crippen molar-refractivity contribution in [3.63, 3.8) is 0 Å². The van der Waals surface area contributed by atoms with Gasteiger partial charge >= 0.3 is 0 Å². The second kappa shape index (κ2) is 7.00. The molecule has 31 heavy (non-hydrogen) atoms. The number of nitrogens with zero attached hydrogens (tertiary/aromatic N) is 3. The Morgan fingerprint density at radius 1 is 0.968 bits per heavy atom. The van der Waals surface area contributed by atoms with Crippen LogP contribution in [0.25, 0.3) is 5.70 Å². The molecule has 6 rings (SSSR count). The molecule has 0 fully saturated rings. The number of halogens is 1. The molecule has 0 amide bonds. The average Bonchev–Trinajstić information content (AvgIpc) is 3.26. The predicted octanol–water partition coefficient (Wildman–Crippen LogP) is 5.80. The fourth-order valence-electron chi connectivity index (χ4n) is 4.48. The highest BCUT2D eigenvalue weighted by molar-refractivity contribution is 6.30. The summed E-state index contributed by atoms with van der Waals surface area (Å²) in [5, 5.41) is 8.76. The van der Waals surface area contributed by atoms with Crippen molar-refractivity contribution in [2.24, 2.45) is 0 Å². The maximum Gasteiger partial charge on any atom is 0.226 e. The minimum absolute atomic E-state index is 0.160. The molecular formula is C25H19ClN4O. The zero-order valence-electron chi connectivity index (χ0n) is 16.8. The molecule has 0 bridgehead atoms. The van der Waals surface area contributed by atoms with Crippen LogP contribution in [0.2, 0.25) is 5.02 Å². The summed E-state index contributed by atoms with van der Waals surface area (Å²) < 4.78 is 8.55. The lowest BCUT2D eigenvalue weighted by atomic mass is 9.84. The van der Waals surface area contributed by atoms with E-state index >= 15 is 0 Å². The maximum atomic E-state index is 6.62. The number of hydrogen-bond acceptors (Lipinski definition) is 4. The SMILES string of the molecule is Cc1ccc2c(c1)C1=C(C(c3cccc(Cl)c3)O2)C(c2ccccc2)n2ncnc2N1. The second-order valence-electron chi connectivity index (χ2n) is 7.85. The first-order valence-electron chi connectivity index (χ1n) is 10.2. The molecule has 3 heterocycles. The van der Waals surface area contributed by atoms with E-state index in [2.05, 4.69) is 52.7 Å².